The number of rotatable bonds is 3. The van der Waals surface area contributed by atoms with Crippen LogP contribution in [0.3, 0.4) is 0 Å². The fourth-order valence-corrected chi connectivity index (χ4v) is 1.07. The van der Waals surface area contributed by atoms with Crippen molar-refractivity contribution < 1.29 is 4.74 Å². The number of benzene rings is 1. The molecule has 1 aromatic rings. The van der Waals surface area contributed by atoms with Crippen LogP contribution in [0.15, 0.2) is 35.3 Å². The van der Waals surface area contributed by atoms with E-state index in [9.17, 15) is 0 Å². The number of hydrogen-bond donors (Lipinski definition) is 2. The van der Waals surface area contributed by atoms with E-state index in [1.807, 2.05) is 44.2 Å². The van der Waals surface area contributed by atoms with E-state index in [0.29, 0.717) is 5.84 Å². The lowest BCUT2D eigenvalue weighted by atomic mass is 10.1. The van der Waals surface area contributed by atoms with Crippen LogP contribution in [0.2, 0.25) is 0 Å². The highest BCUT2D eigenvalue weighted by molar-refractivity contribution is 5.91. The van der Waals surface area contributed by atoms with Gasteiger partial charge >= 0.3 is 0 Å². The Hall–Kier alpha value is -1.39. The first-order valence-corrected chi connectivity index (χ1v) is 4.76. The number of aliphatic imine (C=N–C) groups is 1. The van der Waals surface area contributed by atoms with Crippen LogP contribution in [0, 0.1) is 0 Å². The summed E-state index contributed by atoms with van der Waals surface area (Å²) in [5.74, 6) is 6.02. The van der Waals surface area contributed by atoms with Gasteiger partial charge in [0.15, 0.2) is 0 Å². The van der Waals surface area contributed by atoms with Crippen LogP contribution in [0.4, 0.5) is 5.69 Å². The van der Waals surface area contributed by atoms with Gasteiger partial charge in [0.2, 0.25) is 0 Å². The molecule has 0 aliphatic heterocycles. The first kappa shape index (κ1) is 11.7. The predicted molar refractivity (Wildman–Crippen MR) is 61.9 cm³/mol. The summed E-state index contributed by atoms with van der Waals surface area (Å²) >= 11 is 0. The average Bonchev–Trinajstić information content (AvgIpc) is 2.27. The number of para-hydroxylation sites is 1. The quantitative estimate of drug-likeness (QED) is 0.342. The molecule has 0 fully saturated rings. The Bertz CT molecular complexity index is 333. The monoisotopic (exact) mass is 207 g/mol. The van der Waals surface area contributed by atoms with Gasteiger partial charge in [0.25, 0.3) is 0 Å². The number of hydrazine groups is 1. The highest BCUT2D eigenvalue weighted by Gasteiger charge is 2.23. The molecule has 0 saturated carbocycles. The molecule has 1 aromatic carbocycles. The van der Waals surface area contributed by atoms with Gasteiger partial charge in [0, 0.05) is 7.11 Å². The maximum absolute atomic E-state index is 5.42. The molecule has 1 rings (SSSR count). The molecule has 0 radical (unpaired) electrons. The van der Waals surface area contributed by atoms with Crippen LogP contribution in [-0.2, 0) is 4.74 Å². The molecule has 0 spiro atoms. The molecule has 0 saturated heterocycles. The van der Waals surface area contributed by atoms with Crippen molar-refractivity contribution in [2.45, 2.75) is 19.4 Å². The normalized spacial score (nSPS) is 12.7. The zero-order valence-electron chi connectivity index (χ0n) is 9.32. The molecule has 82 valence electrons. The molecule has 0 aliphatic rings. The molecule has 4 nitrogen and oxygen atoms in total. The van der Waals surface area contributed by atoms with Crippen molar-refractivity contribution in [3.8, 4) is 0 Å². The van der Waals surface area contributed by atoms with Gasteiger partial charge < -0.3 is 10.2 Å². The largest absolute Gasteiger partial charge is 0.371 e. The van der Waals surface area contributed by atoms with Gasteiger partial charge in [-0.05, 0) is 26.0 Å². The Balaban J connectivity index is 2.98. The number of methoxy groups -OCH3 is 1. The summed E-state index contributed by atoms with van der Waals surface area (Å²) in [7, 11) is 1.62. The number of nitrogens with zero attached hydrogens (tertiary/aromatic N) is 1. The molecule has 0 unspecified atom stereocenters. The molecule has 0 bridgehead atoms. The Morgan fingerprint density at radius 2 is 1.93 bits per heavy atom. The van der Waals surface area contributed by atoms with Crippen molar-refractivity contribution >= 4 is 11.5 Å². The molecular formula is C11H17N3O. The third-order valence-corrected chi connectivity index (χ3v) is 2.21. The number of hydrogen-bond acceptors (Lipinski definition) is 3. The molecule has 0 heterocycles. The van der Waals surface area contributed by atoms with Crippen molar-refractivity contribution in [1.29, 1.82) is 0 Å². The molecule has 0 aromatic heterocycles. The van der Waals surface area contributed by atoms with Gasteiger partial charge in [-0.3, -0.25) is 0 Å². The first-order valence-electron chi connectivity index (χ1n) is 4.76. The van der Waals surface area contributed by atoms with Crippen molar-refractivity contribution in [3.63, 3.8) is 0 Å². The summed E-state index contributed by atoms with van der Waals surface area (Å²) in [6.07, 6.45) is 0. The van der Waals surface area contributed by atoms with Crippen LogP contribution in [-0.4, -0.2) is 18.5 Å². The van der Waals surface area contributed by atoms with Crippen LogP contribution < -0.4 is 11.3 Å². The second-order valence-corrected chi connectivity index (χ2v) is 3.65. The molecule has 15 heavy (non-hydrogen) atoms. The summed E-state index contributed by atoms with van der Waals surface area (Å²) < 4.78 is 5.29. The van der Waals surface area contributed by atoms with E-state index in [1.165, 1.54) is 0 Å². The summed E-state index contributed by atoms with van der Waals surface area (Å²) in [5.41, 5.74) is 2.89. The predicted octanol–water partition coefficient (Wildman–Crippen LogP) is 1.60. The maximum atomic E-state index is 5.42. The van der Waals surface area contributed by atoms with Crippen LogP contribution in [0.1, 0.15) is 13.8 Å². The lowest BCUT2D eigenvalue weighted by molar-refractivity contribution is 0.0797. The van der Waals surface area contributed by atoms with Crippen molar-refractivity contribution in [3.05, 3.63) is 30.3 Å². The van der Waals surface area contributed by atoms with E-state index in [2.05, 4.69) is 10.4 Å². The SMILES string of the molecule is COC(C)(C)C(=Nc1ccccc1)NN. The van der Waals surface area contributed by atoms with E-state index in [-0.39, 0.29) is 0 Å². The lowest BCUT2D eigenvalue weighted by Crippen LogP contribution is -2.46. The van der Waals surface area contributed by atoms with Gasteiger partial charge in [0.1, 0.15) is 11.4 Å². The third kappa shape index (κ3) is 3.04. The smallest absolute Gasteiger partial charge is 0.148 e. The second kappa shape index (κ2) is 4.91. The second-order valence-electron chi connectivity index (χ2n) is 3.65. The van der Waals surface area contributed by atoms with Gasteiger partial charge in [-0.25, -0.2) is 10.8 Å². The highest BCUT2D eigenvalue weighted by Crippen LogP contribution is 2.15. The third-order valence-electron chi connectivity index (χ3n) is 2.21. The van der Waals surface area contributed by atoms with Crippen molar-refractivity contribution in [2.24, 2.45) is 10.8 Å². The lowest BCUT2D eigenvalue weighted by Gasteiger charge is -2.24. The summed E-state index contributed by atoms with van der Waals surface area (Å²) in [5, 5.41) is 0. The molecular weight excluding hydrogens is 190 g/mol. The zero-order valence-corrected chi connectivity index (χ0v) is 9.32. The highest BCUT2D eigenvalue weighted by atomic mass is 16.5. The minimum Gasteiger partial charge on any atom is -0.371 e. The molecule has 3 N–H and O–H groups in total. The zero-order chi connectivity index (χ0) is 11.3. The number of amidine groups is 1. The fraction of sp³-hybridized carbons (Fsp3) is 0.364. The Kier molecular flexibility index (Phi) is 3.82. The van der Waals surface area contributed by atoms with E-state index >= 15 is 0 Å². The van der Waals surface area contributed by atoms with Crippen LogP contribution in [0.25, 0.3) is 0 Å². The van der Waals surface area contributed by atoms with Gasteiger partial charge in [0.05, 0.1) is 5.69 Å². The Morgan fingerprint density at radius 3 is 2.40 bits per heavy atom. The number of nitrogens with one attached hydrogen (secondary N) is 1. The van der Waals surface area contributed by atoms with E-state index < -0.39 is 5.60 Å². The Morgan fingerprint density at radius 1 is 1.33 bits per heavy atom. The summed E-state index contributed by atoms with van der Waals surface area (Å²) in [6.45, 7) is 3.79. The van der Waals surface area contributed by atoms with Crippen LogP contribution in [0.5, 0.6) is 0 Å². The average molecular weight is 207 g/mol. The maximum Gasteiger partial charge on any atom is 0.148 e. The molecule has 0 amide bonds. The van der Waals surface area contributed by atoms with E-state index in [1.54, 1.807) is 7.11 Å². The van der Waals surface area contributed by atoms with E-state index in [4.69, 9.17) is 10.6 Å². The van der Waals surface area contributed by atoms with Crippen molar-refractivity contribution in [1.82, 2.24) is 5.43 Å². The Labute approximate surface area is 90.1 Å². The molecule has 4 heteroatoms. The van der Waals surface area contributed by atoms with Gasteiger partial charge in [-0.2, -0.15) is 0 Å². The fourth-order valence-electron chi connectivity index (χ4n) is 1.07. The molecule has 0 aliphatic carbocycles. The number of ether oxygens (including phenoxy) is 1. The summed E-state index contributed by atoms with van der Waals surface area (Å²) in [4.78, 5) is 4.38. The van der Waals surface area contributed by atoms with Gasteiger partial charge in [-0.15, -0.1) is 0 Å². The first-order chi connectivity index (χ1) is 7.10. The minimum atomic E-state index is -0.523. The minimum absolute atomic E-state index is 0.523. The molecule has 0 atom stereocenters. The topological polar surface area (TPSA) is 59.6 Å². The van der Waals surface area contributed by atoms with Gasteiger partial charge in [-0.1, -0.05) is 18.2 Å². The van der Waals surface area contributed by atoms with E-state index in [0.717, 1.165) is 5.69 Å². The van der Waals surface area contributed by atoms with Crippen LogP contribution >= 0.6 is 0 Å². The van der Waals surface area contributed by atoms with Crippen molar-refractivity contribution in [2.75, 3.05) is 7.11 Å². The summed E-state index contributed by atoms with van der Waals surface area (Å²) in [6, 6.07) is 9.60. The number of nitrogens with two attached hydrogens (primary N) is 1. The standard InChI is InChI=1S/C11H17N3O/c1-11(2,15-3)10(14-12)13-9-7-5-4-6-8-9/h4-8H,12H2,1-3H3,(H,13,14).